The number of hydrogen-bond donors (Lipinski definition) is 0. The molecule has 1 aromatic carbocycles. The maximum absolute atomic E-state index is 12.3. The summed E-state index contributed by atoms with van der Waals surface area (Å²) in [5, 5.41) is 0. The third-order valence-corrected chi connectivity index (χ3v) is 1.69. The van der Waals surface area contributed by atoms with Crippen molar-refractivity contribution in [2.24, 2.45) is 0 Å². The highest BCUT2D eigenvalue weighted by Gasteiger charge is 2.32. The second-order valence-corrected chi connectivity index (χ2v) is 2.65. The first-order valence-electron chi connectivity index (χ1n) is 3.81. The second-order valence-electron chi connectivity index (χ2n) is 2.65. The summed E-state index contributed by atoms with van der Waals surface area (Å²) in [6.07, 6.45) is -2.56. The maximum atomic E-state index is 12.3. The molecule has 0 heterocycles. The Morgan fingerprint density at radius 3 is 2.38 bits per heavy atom. The van der Waals surface area contributed by atoms with Crippen LogP contribution >= 0.6 is 0 Å². The Morgan fingerprint density at radius 1 is 1.23 bits per heavy atom. The van der Waals surface area contributed by atoms with Crippen LogP contribution in [-0.4, -0.2) is 0 Å². The summed E-state index contributed by atoms with van der Waals surface area (Å²) in [7, 11) is 0. The van der Waals surface area contributed by atoms with E-state index in [9.17, 15) is 13.2 Å². The van der Waals surface area contributed by atoms with Gasteiger partial charge in [0.05, 0.1) is 5.56 Å². The Morgan fingerprint density at radius 2 is 1.85 bits per heavy atom. The Hall–Kier alpha value is -1.25. The number of halogens is 3. The number of hydrogen-bond acceptors (Lipinski definition) is 0. The minimum atomic E-state index is -4.26. The SMILES string of the molecule is C=CCc1ccccc1C(F)(F)F. The highest BCUT2D eigenvalue weighted by molar-refractivity contribution is 5.30. The van der Waals surface area contributed by atoms with Gasteiger partial charge in [0, 0.05) is 0 Å². The molecule has 0 aliphatic heterocycles. The van der Waals surface area contributed by atoms with E-state index in [-0.39, 0.29) is 12.0 Å². The van der Waals surface area contributed by atoms with Crippen LogP contribution in [0.1, 0.15) is 11.1 Å². The Bertz CT molecular complexity index is 299. The van der Waals surface area contributed by atoms with Crippen molar-refractivity contribution in [3.05, 3.63) is 48.0 Å². The summed E-state index contributed by atoms with van der Waals surface area (Å²) in [5.74, 6) is 0. The Balaban J connectivity index is 3.11. The largest absolute Gasteiger partial charge is 0.416 e. The van der Waals surface area contributed by atoms with Crippen molar-refractivity contribution in [3.8, 4) is 0 Å². The molecular formula is C10H9F3. The molecule has 0 spiro atoms. The summed E-state index contributed by atoms with van der Waals surface area (Å²) < 4.78 is 37.0. The van der Waals surface area contributed by atoms with Gasteiger partial charge in [-0.05, 0) is 18.1 Å². The number of allylic oxidation sites excluding steroid dienone is 1. The standard InChI is InChI=1S/C10H9F3/c1-2-5-8-6-3-4-7-9(8)10(11,12)13/h2-4,6-7H,1,5H2. The number of benzene rings is 1. The second kappa shape index (κ2) is 3.64. The van der Waals surface area contributed by atoms with Crippen LogP contribution in [0.15, 0.2) is 36.9 Å². The fourth-order valence-electron chi connectivity index (χ4n) is 1.13. The van der Waals surface area contributed by atoms with E-state index in [0.29, 0.717) is 0 Å². The van der Waals surface area contributed by atoms with E-state index in [1.54, 1.807) is 6.07 Å². The van der Waals surface area contributed by atoms with Crippen LogP contribution in [0.2, 0.25) is 0 Å². The van der Waals surface area contributed by atoms with Gasteiger partial charge in [-0.1, -0.05) is 24.3 Å². The van der Waals surface area contributed by atoms with Crippen molar-refractivity contribution in [3.63, 3.8) is 0 Å². The average Bonchev–Trinajstić information content (AvgIpc) is 2.04. The van der Waals surface area contributed by atoms with Gasteiger partial charge in [-0.25, -0.2) is 0 Å². The van der Waals surface area contributed by atoms with Gasteiger partial charge in [-0.15, -0.1) is 6.58 Å². The van der Waals surface area contributed by atoms with Crippen molar-refractivity contribution < 1.29 is 13.2 Å². The van der Waals surface area contributed by atoms with E-state index in [4.69, 9.17) is 0 Å². The third-order valence-electron chi connectivity index (χ3n) is 1.69. The van der Waals surface area contributed by atoms with Crippen LogP contribution in [0.5, 0.6) is 0 Å². The molecule has 70 valence electrons. The van der Waals surface area contributed by atoms with Crippen molar-refractivity contribution in [1.82, 2.24) is 0 Å². The molecule has 0 radical (unpaired) electrons. The lowest BCUT2D eigenvalue weighted by Gasteiger charge is -2.10. The Labute approximate surface area is 74.7 Å². The summed E-state index contributed by atoms with van der Waals surface area (Å²) in [6.45, 7) is 3.41. The zero-order valence-corrected chi connectivity index (χ0v) is 6.93. The Kier molecular flexibility index (Phi) is 2.76. The van der Waals surface area contributed by atoms with Crippen molar-refractivity contribution in [2.45, 2.75) is 12.6 Å². The van der Waals surface area contributed by atoms with Crippen LogP contribution in [0, 0.1) is 0 Å². The summed E-state index contributed by atoms with van der Waals surface area (Å²) in [6, 6.07) is 5.52. The molecule has 0 aliphatic carbocycles. The van der Waals surface area contributed by atoms with E-state index >= 15 is 0 Å². The third kappa shape index (κ3) is 2.34. The lowest BCUT2D eigenvalue weighted by molar-refractivity contribution is -0.138. The molecule has 0 nitrogen and oxygen atoms in total. The molecule has 1 rings (SSSR count). The van der Waals surface area contributed by atoms with Gasteiger partial charge >= 0.3 is 6.18 Å². The highest BCUT2D eigenvalue weighted by atomic mass is 19.4. The molecular weight excluding hydrogens is 177 g/mol. The molecule has 1 aromatic rings. The van der Waals surface area contributed by atoms with Gasteiger partial charge in [0.1, 0.15) is 0 Å². The molecule has 0 N–H and O–H groups in total. The smallest absolute Gasteiger partial charge is 0.166 e. The molecule has 13 heavy (non-hydrogen) atoms. The molecule has 0 saturated heterocycles. The van der Waals surface area contributed by atoms with Crippen molar-refractivity contribution in [2.75, 3.05) is 0 Å². The highest BCUT2D eigenvalue weighted by Crippen LogP contribution is 2.31. The van der Waals surface area contributed by atoms with Crippen LogP contribution in [0.25, 0.3) is 0 Å². The van der Waals surface area contributed by atoms with Gasteiger partial charge in [0.15, 0.2) is 0 Å². The predicted octanol–water partition coefficient (Wildman–Crippen LogP) is 3.43. The topological polar surface area (TPSA) is 0 Å². The van der Waals surface area contributed by atoms with Crippen LogP contribution in [0.3, 0.4) is 0 Å². The molecule has 0 bridgehead atoms. The lowest BCUT2D eigenvalue weighted by Crippen LogP contribution is -2.08. The zero-order chi connectivity index (χ0) is 9.90. The van der Waals surface area contributed by atoms with Gasteiger partial charge < -0.3 is 0 Å². The molecule has 0 unspecified atom stereocenters. The molecule has 0 aromatic heterocycles. The summed E-state index contributed by atoms with van der Waals surface area (Å²) in [5.41, 5.74) is -0.306. The average molecular weight is 186 g/mol. The molecule has 0 aliphatic rings. The summed E-state index contributed by atoms with van der Waals surface area (Å²) in [4.78, 5) is 0. The van der Waals surface area contributed by atoms with Gasteiger partial charge in [-0.2, -0.15) is 13.2 Å². The minimum Gasteiger partial charge on any atom is -0.166 e. The molecule has 3 heteroatoms. The minimum absolute atomic E-state index is 0.246. The predicted molar refractivity (Wildman–Crippen MR) is 45.3 cm³/mol. The zero-order valence-electron chi connectivity index (χ0n) is 6.93. The van der Waals surface area contributed by atoms with E-state index in [0.717, 1.165) is 6.07 Å². The quantitative estimate of drug-likeness (QED) is 0.620. The van der Waals surface area contributed by atoms with Gasteiger partial charge in [0.2, 0.25) is 0 Å². The van der Waals surface area contributed by atoms with Crippen LogP contribution < -0.4 is 0 Å². The summed E-state index contributed by atoms with van der Waals surface area (Å²) >= 11 is 0. The molecule has 0 atom stereocenters. The fraction of sp³-hybridized carbons (Fsp3) is 0.200. The van der Waals surface area contributed by atoms with E-state index < -0.39 is 11.7 Å². The van der Waals surface area contributed by atoms with Gasteiger partial charge in [0.25, 0.3) is 0 Å². The first-order valence-corrected chi connectivity index (χ1v) is 3.81. The van der Waals surface area contributed by atoms with Gasteiger partial charge in [-0.3, -0.25) is 0 Å². The number of rotatable bonds is 2. The van der Waals surface area contributed by atoms with Crippen molar-refractivity contribution in [1.29, 1.82) is 0 Å². The lowest BCUT2D eigenvalue weighted by atomic mass is 10.0. The first-order chi connectivity index (χ1) is 6.05. The first kappa shape index (κ1) is 9.84. The van der Waals surface area contributed by atoms with Crippen LogP contribution in [-0.2, 0) is 12.6 Å². The maximum Gasteiger partial charge on any atom is 0.416 e. The molecule has 0 fully saturated rings. The number of alkyl halides is 3. The van der Waals surface area contributed by atoms with E-state index in [1.807, 2.05) is 0 Å². The van der Waals surface area contributed by atoms with E-state index in [1.165, 1.54) is 18.2 Å². The monoisotopic (exact) mass is 186 g/mol. The molecule has 0 amide bonds. The van der Waals surface area contributed by atoms with Crippen molar-refractivity contribution >= 4 is 0 Å². The van der Waals surface area contributed by atoms with Crippen LogP contribution in [0.4, 0.5) is 13.2 Å². The molecule has 0 saturated carbocycles. The normalized spacial score (nSPS) is 11.3. The fourth-order valence-corrected chi connectivity index (χ4v) is 1.13. The van der Waals surface area contributed by atoms with E-state index in [2.05, 4.69) is 6.58 Å².